The van der Waals surface area contributed by atoms with Gasteiger partial charge in [-0.25, -0.2) is 4.79 Å². The first-order valence-electron chi connectivity index (χ1n) is 10.7. The van der Waals surface area contributed by atoms with Crippen molar-refractivity contribution in [3.05, 3.63) is 42.1 Å². The van der Waals surface area contributed by atoms with Gasteiger partial charge in [-0.1, -0.05) is 24.3 Å². The number of hydrogen-bond donors (Lipinski definition) is 2. The van der Waals surface area contributed by atoms with Crippen LogP contribution in [0.5, 0.6) is 0 Å². The summed E-state index contributed by atoms with van der Waals surface area (Å²) in [4.78, 5) is 24.9. The van der Waals surface area contributed by atoms with E-state index in [0.29, 0.717) is 24.8 Å². The van der Waals surface area contributed by atoms with E-state index in [2.05, 4.69) is 34.5 Å². The number of imide groups is 1. The molecule has 0 radical (unpaired) electrons. The summed E-state index contributed by atoms with van der Waals surface area (Å²) in [5.41, 5.74) is 3.50. The molecule has 6 heteroatoms. The smallest absolute Gasteiger partial charge is 0.435 e. The second-order valence-electron chi connectivity index (χ2n) is 8.77. The Hall–Kier alpha value is -2.47. The first-order chi connectivity index (χ1) is 14.0. The van der Waals surface area contributed by atoms with Crippen LogP contribution in [0.1, 0.15) is 63.4 Å². The van der Waals surface area contributed by atoms with E-state index in [-0.39, 0.29) is 16.4 Å². The molecule has 1 saturated carbocycles. The highest BCUT2D eigenvalue weighted by Gasteiger charge is 2.52. The van der Waals surface area contributed by atoms with Crippen LogP contribution in [-0.4, -0.2) is 44.4 Å². The van der Waals surface area contributed by atoms with E-state index in [1.807, 2.05) is 13.0 Å². The van der Waals surface area contributed by atoms with Gasteiger partial charge in [0.1, 0.15) is 6.04 Å². The van der Waals surface area contributed by atoms with Crippen LogP contribution in [0.15, 0.2) is 36.5 Å². The first kappa shape index (κ1) is 19.8. The summed E-state index contributed by atoms with van der Waals surface area (Å²) in [7, 11) is 0. The lowest BCUT2D eigenvalue weighted by molar-refractivity contribution is -0.792. The fraction of sp³-hybridized carbons (Fsp3) is 0.522. The van der Waals surface area contributed by atoms with Crippen LogP contribution in [-0.2, 0) is 4.79 Å². The Balaban J connectivity index is 1.35. The van der Waals surface area contributed by atoms with E-state index in [9.17, 15) is 14.7 Å². The summed E-state index contributed by atoms with van der Waals surface area (Å²) in [6, 6.07) is 10.5. The van der Waals surface area contributed by atoms with Crippen molar-refractivity contribution in [3.63, 3.8) is 0 Å². The zero-order valence-electron chi connectivity index (χ0n) is 17.0. The fourth-order valence-electron chi connectivity index (χ4n) is 5.30. The lowest BCUT2D eigenvalue weighted by atomic mass is 9.77. The number of benzene rings is 1. The van der Waals surface area contributed by atoms with Crippen LogP contribution < -0.4 is 0 Å². The molecule has 154 valence electrons. The highest BCUT2D eigenvalue weighted by molar-refractivity contribution is 5.81. The summed E-state index contributed by atoms with van der Waals surface area (Å²) >= 11 is 0. The van der Waals surface area contributed by atoms with E-state index in [1.54, 1.807) is 6.20 Å². The third-order valence-corrected chi connectivity index (χ3v) is 7.18. The average Bonchev–Trinajstić information content (AvgIpc) is 3.39. The van der Waals surface area contributed by atoms with E-state index < -0.39 is 6.09 Å². The molecule has 29 heavy (non-hydrogen) atoms. The van der Waals surface area contributed by atoms with Gasteiger partial charge < -0.3 is 5.11 Å². The quantitative estimate of drug-likeness (QED) is 0.717. The Morgan fingerprint density at radius 1 is 1.10 bits per heavy atom. The highest BCUT2D eigenvalue weighted by atomic mass is 16.4. The Morgan fingerprint density at radius 2 is 1.83 bits per heavy atom. The van der Waals surface area contributed by atoms with Crippen LogP contribution in [0.4, 0.5) is 4.79 Å². The molecular weight excluding hydrogens is 366 g/mol. The van der Waals surface area contributed by atoms with Gasteiger partial charge in [0.2, 0.25) is 0 Å². The number of carboxylic acid groups (broad SMARTS) is 1. The van der Waals surface area contributed by atoms with Crippen molar-refractivity contribution < 1.29 is 19.2 Å². The molecule has 0 bridgehead atoms. The van der Waals surface area contributed by atoms with Gasteiger partial charge in [-0.05, 0) is 61.6 Å². The SMILES string of the molecule is C[C@@H]1CCC[N+]1(C(=O)O)C(=O)CC1CCC(c2ccc(-c3ccn[nH]3)cc2)CC1. The van der Waals surface area contributed by atoms with E-state index in [4.69, 9.17) is 0 Å². The summed E-state index contributed by atoms with van der Waals surface area (Å²) in [6.07, 6.45) is 6.94. The number of quaternary nitrogens is 1. The maximum Gasteiger partial charge on any atom is 0.521 e. The largest absolute Gasteiger partial charge is 0.521 e. The van der Waals surface area contributed by atoms with Crippen molar-refractivity contribution in [2.45, 2.75) is 63.8 Å². The lowest BCUT2D eigenvalue weighted by Crippen LogP contribution is -2.58. The minimum absolute atomic E-state index is 0.0881. The van der Waals surface area contributed by atoms with Gasteiger partial charge in [0, 0.05) is 19.0 Å². The topological polar surface area (TPSA) is 83.0 Å². The van der Waals surface area contributed by atoms with Crippen molar-refractivity contribution in [3.8, 4) is 11.3 Å². The molecule has 1 saturated heterocycles. The summed E-state index contributed by atoms with van der Waals surface area (Å²) < 4.78 is -0.352. The number of nitrogens with one attached hydrogen (secondary N) is 1. The number of likely N-dealkylation sites (tertiary alicyclic amines) is 1. The number of aromatic amines is 1. The minimum Gasteiger partial charge on any atom is -0.435 e. The molecule has 4 rings (SSSR count). The number of rotatable bonds is 4. The van der Waals surface area contributed by atoms with Gasteiger partial charge in [0.05, 0.1) is 18.7 Å². The van der Waals surface area contributed by atoms with Gasteiger partial charge in [-0.2, -0.15) is 14.4 Å². The molecule has 1 aliphatic carbocycles. The number of carbonyl (C=O) groups excluding carboxylic acids is 1. The number of aromatic nitrogens is 2. The third kappa shape index (κ3) is 3.73. The molecule has 1 aromatic carbocycles. The molecule has 2 atom stereocenters. The molecule has 1 aromatic heterocycles. The lowest BCUT2D eigenvalue weighted by Gasteiger charge is -2.33. The van der Waals surface area contributed by atoms with Crippen LogP contribution in [0, 0.1) is 5.92 Å². The zero-order chi connectivity index (χ0) is 20.4. The number of H-pyrrole nitrogens is 1. The van der Waals surface area contributed by atoms with Crippen molar-refractivity contribution in [1.29, 1.82) is 0 Å². The van der Waals surface area contributed by atoms with Crippen LogP contribution in [0.3, 0.4) is 0 Å². The Morgan fingerprint density at radius 3 is 2.38 bits per heavy atom. The maximum absolute atomic E-state index is 13.0. The van der Waals surface area contributed by atoms with Crippen molar-refractivity contribution in [2.75, 3.05) is 6.54 Å². The molecule has 2 heterocycles. The highest BCUT2D eigenvalue weighted by Crippen LogP contribution is 2.39. The van der Waals surface area contributed by atoms with Gasteiger partial charge in [0.15, 0.2) is 0 Å². The number of hydrogen-bond acceptors (Lipinski definition) is 3. The predicted molar refractivity (Wildman–Crippen MR) is 110 cm³/mol. The van der Waals surface area contributed by atoms with Crippen LogP contribution in [0.25, 0.3) is 11.3 Å². The standard InChI is InChI=1S/C23H29N3O3/c1-16-3-2-14-26(16,23(28)29)22(27)15-17-4-6-18(7-5-17)19-8-10-20(11-9-19)21-12-13-24-25-21/h8-13,16-18H,2-7,14-15H2,1H3,(H-,24,25,28,29)/p+1/t16-,17?,18?,26?/m1/s1. The molecule has 2 N–H and O–H groups in total. The second kappa shape index (κ2) is 8.11. The second-order valence-corrected chi connectivity index (χ2v) is 8.77. The van der Waals surface area contributed by atoms with Gasteiger partial charge in [-0.3, -0.25) is 5.10 Å². The van der Waals surface area contributed by atoms with Gasteiger partial charge in [-0.15, -0.1) is 0 Å². The van der Waals surface area contributed by atoms with Crippen molar-refractivity contribution in [2.24, 2.45) is 5.92 Å². The van der Waals surface area contributed by atoms with E-state index >= 15 is 0 Å². The summed E-state index contributed by atoms with van der Waals surface area (Å²) in [6.45, 7) is 2.36. The average molecular weight is 397 g/mol. The normalized spacial score (nSPS) is 29.6. The molecular formula is C23H30N3O3+. The van der Waals surface area contributed by atoms with Crippen molar-refractivity contribution >= 4 is 12.0 Å². The van der Waals surface area contributed by atoms with Crippen LogP contribution >= 0.6 is 0 Å². The molecule has 6 nitrogen and oxygen atoms in total. The monoisotopic (exact) mass is 396 g/mol. The number of carbonyl (C=O) groups is 2. The maximum atomic E-state index is 13.0. The Kier molecular flexibility index (Phi) is 5.54. The third-order valence-electron chi connectivity index (χ3n) is 7.18. The summed E-state index contributed by atoms with van der Waals surface area (Å²) in [5.74, 6) is 0.741. The van der Waals surface area contributed by atoms with E-state index in [1.165, 1.54) is 5.56 Å². The molecule has 2 fully saturated rings. The molecule has 1 unspecified atom stereocenters. The number of nitrogens with zero attached hydrogens (tertiary/aromatic N) is 2. The Labute approximate surface area is 171 Å². The van der Waals surface area contributed by atoms with Gasteiger partial charge in [0.25, 0.3) is 0 Å². The molecule has 2 amide bonds. The first-order valence-corrected chi connectivity index (χ1v) is 10.7. The molecule has 2 aliphatic rings. The summed E-state index contributed by atoms with van der Waals surface area (Å²) in [5, 5.41) is 16.8. The molecule has 0 spiro atoms. The fourth-order valence-corrected chi connectivity index (χ4v) is 5.30. The van der Waals surface area contributed by atoms with Crippen molar-refractivity contribution in [1.82, 2.24) is 10.2 Å². The molecule has 1 aliphatic heterocycles. The molecule has 2 aromatic rings. The van der Waals surface area contributed by atoms with Gasteiger partial charge >= 0.3 is 12.0 Å². The van der Waals surface area contributed by atoms with E-state index in [0.717, 1.165) is 49.8 Å². The minimum atomic E-state index is -0.967. The Bertz CT molecular complexity index is 854. The van der Waals surface area contributed by atoms with Crippen LogP contribution in [0.2, 0.25) is 0 Å². The predicted octanol–water partition coefficient (Wildman–Crippen LogP) is 4.94. The zero-order valence-corrected chi connectivity index (χ0v) is 17.0. The number of amides is 2.